The molecule has 1 amide bonds. The highest BCUT2D eigenvalue weighted by Crippen LogP contribution is 2.33. The Kier molecular flexibility index (Phi) is 5.18. The van der Waals surface area contributed by atoms with Crippen LogP contribution in [0, 0.1) is 0 Å². The van der Waals surface area contributed by atoms with Gasteiger partial charge in [0.2, 0.25) is 0 Å². The second-order valence-corrected chi connectivity index (χ2v) is 9.12. The summed E-state index contributed by atoms with van der Waals surface area (Å²) in [5.74, 6) is -1.35. The highest BCUT2D eigenvalue weighted by molar-refractivity contribution is 7.96. The number of aromatic hydroxyl groups is 1. The number of hydrogen-bond acceptors (Lipinski definition) is 6. The van der Waals surface area contributed by atoms with E-state index in [2.05, 4.69) is 6.58 Å². The number of hydrogen-bond donors (Lipinski definition) is 2. The van der Waals surface area contributed by atoms with Crippen LogP contribution in [-0.2, 0) is 20.1 Å². The number of benzene rings is 3. The van der Waals surface area contributed by atoms with Gasteiger partial charge in [0.15, 0.2) is 0 Å². The molecule has 0 bridgehead atoms. The van der Waals surface area contributed by atoms with Gasteiger partial charge >= 0.3 is 0 Å². The molecule has 0 aromatic heterocycles. The van der Waals surface area contributed by atoms with Gasteiger partial charge in [-0.1, -0.05) is 30.8 Å². The van der Waals surface area contributed by atoms with Crippen molar-refractivity contribution >= 4 is 42.5 Å². The van der Waals surface area contributed by atoms with E-state index in [1.165, 1.54) is 30.3 Å². The van der Waals surface area contributed by atoms with Gasteiger partial charge in [-0.05, 0) is 35.7 Å². The molecule has 0 fully saturated rings. The van der Waals surface area contributed by atoms with Crippen molar-refractivity contribution in [1.29, 1.82) is 0 Å². The van der Waals surface area contributed by atoms with Crippen LogP contribution in [0.4, 0.5) is 5.69 Å². The number of fused-ring (bicyclic) bond motifs is 1. The van der Waals surface area contributed by atoms with E-state index >= 15 is 0 Å². The molecule has 0 heterocycles. The number of phenols is 1. The van der Waals surface area contributed by atoms with Crippen molar-refractivity contribution in [2.75, 3.05) is 4.31 Å². The third kappa shape index (κ3) is 3.99. The lowest BCUT2D eigenvalue weighted by Gasteiger charge is -2.21. The van der Waals surface area contributed by atoms with Crippen LogP contribution < -0.4 is 4.31 Å². The van der Waals surface area contributed by atoms with Crippen LogP contribution in [-0.4, -0.2) is 32.4 Å². The van der Waals surface area contributed by atoms with E-state index in [1.54, 1.807) is 18.2 Å². The number of rotatable bonds is 5. The van der Waals surface area contributed by atoms with Gasteiger partial charge < -0.3 is 5.11 Å². The first-order chi connectivity index (χ1) is 13.5. The molecule has 3 aromatic rings. The Hall–Kier alpha value is -3.21. The Morgan fingerprint density at radius 3 is 2.21 bits per heavy atom. The number of amides is 1. The average molecular weight is 433 g/mol. The molecule has 0 radical (unpaired) electrons. The van der Waals surface area contributed by atoms with Gasteiger partial charge in [-0.2, -0.15) is 12.7 Å². The number of nitrogens with zero attached hydrogens (tertiary/aromatic N) is 1. The monoisotopic (exact) mass is 433 g/mol. The van der Waals surface area contributed by atoms with Gasteiger partial charge in [0.05, 0.1) is 10.6 Å². The number of anilines is 1. The predicted molar refractivity (Wildman–Crippen MR) is 108 cm³/mol. The Morgan fingerprint density at radius 1 is 0.966 bits per heavy atom. The number of phenolic OH excluding ortho intramolecular Hbond substituents is 1. The Morgan fingerprint density at radius 2 is 1.62 bits per heavy atom. The van der Waals surface area contributed by atoms with E-state index in [1.807, 2.05) is 0 Å². The first-order valence-electron chi connectivity index (χ1n) is 8.06. The summed E-state index contributed by atoms with van der Waals surface area (Å²) in [4.78, 5) is 12.4. The van der Waals surface area contributed by atoms with Crippen molar-refractivity contribution in [3.63, 3.8) is 0 Å². The maximum Gasteiger partial charge on any atom is 0.294 e. The molecule has 29 heavy (non-hydrogen) atoms. The van der Waals surface area contributed by atoms with Gasteiger partial charge in [-0.3, -0.25) is 9.35 Å². The van der Waals surface area contributed by atoms with Crippen molar-refractivity contribution in [3.05, 3.63) is 78.2 Å². The van der Waals surface area contributed by atoms with Crippen molar-refractivity contribution in [2.24, 2.45) is 0 Å². The number of carbonyl (C=O) groups excluding carboxylic acids is 1. The average Bonchev–Trinajstić information content (AvgIpc) is 2.68. The maximum absolute atomic E-state index is 12.9. The van der Waals surface area contributed by atoms with Gasteiger partial charge in [0, 0.05) is 22.4 Å². The van der Waals surface area contributed by atoms with Crippen molar-refractivity contribution in [3.8, 4) is 5.75 Å². The minimum atomic E-state index is -4.55. The molecule has 0 atom stereocenters. The summed E-state index contributed by atoms with van der Waals surface area (Å²) < 4.78 is 57.4. The van der Waals surface area contributed by atoms with Gasteiger partial charge in [-0.15, -0.1) is 0 Å². The second-order valence-electron chi connectivity index (χ2n) is 5.97. The predicted octanol–water partition coefficient (Wildman–Crippen LogP) is 2.91. The fraction of sp³-hybridized carbons (Fsp3) is 0. The van der Waals surface area contributed by atoms with Gasteiger partial charge in [-0.25, -0.2) is 8.42 Å². The van der Waals surface area contributed by atoms with E-state index < -0.39 is 36.7 Å². The summed E-state index contributed by atoms with van der Waals surface area (Å²) in [6.45, 7) is 3.25. The van der Waals surface area contributed by atoms with Crippen LogP contribution >= 0.6 is 0 Å². The Bertz CT molecular complexity index is 1330. The topological polar surface area (TPSA) is 129 Å². The molecule has 3 aromatic carbocycles. The molecule has 0 spiro atoms. The molecular formula is C19H15NO7S2. The van der Waals surface area contributed by atoms with Gasteiger partial charge in [0.25, 0.3) is 26.0 Å². The minimum absolute atomic E-state index is 0.0823. The van der Waals surface area contributed by atoms with Crippen LogP contribution in [0.3, 0.4) is 0 Å². The second kappa shape index (κ2) is 7.32. The van der Waals surface area contributed by atoms with Gasteiger partial charge in [0.1, 0.15) is 5.75 Å². The molecule has 0 saturated carbocycles. The van der Waals surface area contributed by atoms with E-state index in [0.29, 0.717) is 9.71 Å². The molecule has 0 aliphatic carbocycles. The van der Waals surface area contributed by atoms with E-state index in [9.17, 15) is 31.3 Å². The molecule has 3 rings (SSSR count). The van der Waals surface area contributed by atoms with Crippen molar-refractivity contribution in [1.82, 2.24) is 0 Å². The molecule has 0 aliphatic heterocycles. The van der Waals surface area contributed by atoms with Crippen molar-refractivity contribution < 1.29 is 31.3 Å². The van der Waals surface area contributed by atoms with E-state index in [-0.39, 0.29) is 22.0 Å². The number of carbonyl (C=O) groups is 1. The zero-order chi connectivity index (χ0) is 21.4. The third-order valence-electron chi connectivity index (χ3n) is 4.09. The molecule has 8 nitrogen and oxygen atoms in total. The Labute approximate surface area is 167 Å². The third-order valence-corrected chi connectivity index (χ3v) is 6.23. The van der Waals surface area contributed by atoms with Crippen LogP contribution in [0.5, 0.6) is 5.75 Å². The zero-order valence-corrected chi connectivity index (χ0v) is 16.4. The van der Waals surface area contributed by atoms with Crippen LogP contribution in [0.2, 0.25) is 0 Å². The highest BCUT2D eigenvalue weighted by Gasteiger charge is 2.28. The molecule has 0 unspecified atom stereocenters. The van der Waals surface area contributed by atoms with Crippen LogP contribution in [0.15, 0.2) is 77.5 Å². The summed E-state index contributed by atoms with van der Waals surface area (Å²) in [5.41, 5.74) is 0.0325. The molecular weight excluding hydrogens is 418 g/mol. The molecule has 150 valence electrons. The summed E-state index contributed by atoms with van der Waals surface area (Å²) >= 11 is 0. The normalized spacial score (nSPS) is 11.9. The quantitative estimate of drug-likeness (QED) is 0.592. The fourth-order valence-electron chi connectivity index (χ4n) is 2.73. The SMILES string of the molecule is C=CS(=O)(=O)N(C(=O)c1ccccc1)c1ccc2cc(S(=O)(=O)O)cc(O)c2c1. The Balaban J connectivity index is 2.22. The minimum Gasteiger partial charge on any atom is -0.507 e. The van der Waals surface area contributed by atoms with Crippen LogP contribution in [0.1, 0.15) is 10.4 Å². The van der Waals surface area contributed by atoms with Crippen LogP contribution in [0.25, 0.3) is 10.8 Å². The van der Waals surface area contributed by atoms with E-state index in [4.69, 9.17) is 0 Å². The summed E-state index contributed by atoms with van der Waals surface area (Å²) in [7, 11) is -8.80. The summed E-state index contributed by atoms with van der Waals surface area (Å²) in [6, 6.07) is 13.5. The first kappa shape index (κ1) is 20.5. The first-order valence-corrected chi connectivity index (χ1v) is 11.0. The molecule has 10 heteroatoms. The summed E-state index contributed by atoms with van der Waals surface area (Å²) in [5, 5.41) is 11.1. The molecule has 0 aliphatic rings. The largest absolute Gasteiger partial charge is 0.507 e. The van der Waals surface area contributed by atoms with E-state index in [0.717, 1.165) is 12.1 Å². The molecule has 0 saturated heterocycles. The summed E-state index contributed by atoms with van der Waals surface area (Å²) in [6.07, 6.45) is 0. The lowest BCUT2D eigenvalue weighted by molar-refractivity contribution is 0.101. The van der Waals surface area contributed by atoms with Crippen molar-refractivity contribution in [2.45, 2.75) is 4.90 Å². The maximum atomic E-state index is 12.9. The highest BCUT2D eigenvalue weighted by atomic mass is 32.2. The zero-order valence-electron chi connectivity index (χ0n) is 14.8. The lowest BCUT2D eigenvalue weighted by Crippen LogP contribution is -2.35. The standard InChI is InChI=1S/C19H15NO7S2/c1-2-28(23,24)20(19(22)13-6-4-3-5-7-13)15-9-8-14-10-16(29(25,26)27)12-18(21)17(14)11-15/h2-12,21H,1H2,(H,25,26,27). The molecule has 2 N–H and O–H groups in total. The smallest absolute Gasteiger partial charge is 0.294 e. The fourth-order valence-corrected chi connectivity index (χ4v) is 4.16. The lowest BCUT2D eigenvalue weighted by atomic mass is 10.1. The number of sulfonamides is 1.